The van der Waals surface area contributed by atoms with Gasteiger partial charge in [0.2, 0.25) is 0 Å². The number of hydrogen-bond acceptors (Lipinski definition) is 3. The molecule has 1 aliphatic heterocycles. The monoisotopic (exact) mass is 230 g/mol. The van der Waals surface area contributed by atoms with Gasteiger partial charge in [-0.25, -0.2) is 0 Å². The smallest absolute Gasteiger partial charge is 0.311 e. The van der Waals surface area contributed by atoms with Crippen molar-refractivity contribution < 1.29 is 9.90 Å². The lowest BCUT2D eigenvalue weighted by Crippen LogP contribution is -2.31. The van der Waals surface area contributed by atoms with E-state index < -0.39 is 11.4 Å². The SMILES string of the molecule is CC1(C(=O)O)CCN(c2cccc(C#N)c2)C1. The van der Waals surface area contributed by atoms with Gasteiger partial charge in [0, 0.05) is 18.8 Å². The summed E-state index contributed by atoms with van der Waals surface area (Å²) in [5.74, 6) is -0.753. The minimum Gasteiger partial charge on any atom is -0.481 e. The molecule has 0 amide bonds. The highest BCUT2D eigenvalue weighted by Crippen LogP contribution is 2.33. The normalized spacial score (nSPS) is 23.4. The molecular formula is C13H14N2O2. The number of nitriles is 1. The van der Waals surface area contributed by atoms with E-state index in [1.807, 2.05) is 17.0 Å². The molecule has 1 atom stereocenters. The molecular weight excluding hydrogens is 216 g/mol. The van der Waals surface area contributed by atoms with Gasteiger partial charge in [-0.1, -0.05) is 6.07 Å². The topological polar surface area (TPSA) is 64.3 Å². The Kier molecular flexibility index (Phi) is 2.76. The van der Waals surface area contributed by atoms with E-state index in [0.717, 1.165) is 12.2 Å². The van der Waals surface area contributed by atoms with Crippen molar-refractivity contribution in [3.8, 4) is 6.07 Å². The molecule has 88 valence electrons. The molecule has 1 saturated heterocycles. The number of carbonyl (C=O) groups is 1. The molecule has 0 saturated carbocycles. The summed E-state index contributed by atoms with van der Waals surface area (Å²) in [6, 6.07) is 9.37. The van der Waals surface area contributed by atoms with Gasteiger partial charge in [-0.3, -0.25) is 4.79 Å². The molecule has 1 heterocycles. The van der Waals surface area contributed by atoms with Gasteiger partial charge >= 0.3 is 5.97 Å². The van der Waals surface area contributed by atoms with Gasteiger partial charge in [0.25, 0.3) is 0 Å². The Hall–Kier alpha value is -2.02. The lowest BCUT2D eigenvalue weighted by Gasteiger charge is -2.21. The zero-order chi connectivity index (χ0) is 12.5. The molecule has 2 rings (SSSR count). The Balaban J connectivity index is 2.21. The zero-order valence-corrected chi connectivity index (χ0v) is 9.68. The van der Waals surface area contributed by atoms with Gasteiger partial charge in [0.05, 0.1) is 17.0 Å². The van der Waals surface area contributed by atoms with Crippen LogP contribution in [0.1, 0.15) is 18.9 Å². The molecule has 1 aromatic rings. The average Bonchev–Trinajstić information content (AvgIpc) is 2.74. The first-order chi connectivity index (χ1) is 8.05. The van der Waals surface area contributed by atoms with Gasteiger partial charge in [0.1, 0.15) is 0 Å². The van der Waals surface area contributed by atoms with E-state index in [1.165, 1.54) is 0 Å². The highest BCUT2D eigenvalue weighted by molar-refractivity contribution is 5.76. The number of carboxylic acids is 1. The van der Waals surface area contributed by atoms with Gasteiger partial charge in [-0.05, 0) is 31.5 Å². The minimum atomic E-state index is -0.753. The summed E-state index contributed by atoms with van der Waals surface area (Å²) < 4.78 is 0. The number of hydrogen-bond donors (Lipinski definition) is 1. The van der Waals surface area contributed by atoms with Crippen LogP contribution in [0.3, 0.4) is 0 Å². The van der Waals surface area contributed by atoms with Gasteiger partial charge < -0.3 is 10.0 Å². The van der Waals surface area contributed by atoms with Crippen LogP contribution in [-0.4, -0.2) is 24.2 Å². The van der Waals surface area contributed by atoms with Crippen LogP contribution in [-0.2, 0) is 4.79 Å². The molecule has 0 spiro atoms. The second-order valence-corrected chi connectivity index (χ2v) is 4.70. The molecule has 1 unspecified atom stereocenters. The molecule has 1 aliphatic rings. The van der Waals surface area contributed by atoms with Gasteiger partial charge in [-0.15, -0.1) is 0 Å². The quantitative estimate of drug-likeness (QED) is 0.842. The molecule has 0 bridgehead atoms. The average molecular weight is 230 g/mol. The third-order valence-corrected chi connectivity index (χ3v) is 3.33. The van der Waals surface area contributed by atoms with E-state index in [4.69, 9.17) is 10.4 Å². The van der Waals surface area contributed by atoms with Crippen molar-refractivity contribution >= 4 is 11.7 Å². The number of nitrogens with zero attached hydrogens (tertiary/aromatic N) is 2. The van der Waals surface area contributed by atoms with E-state index >= 15 is 0 Å². The predicted octanol–water partition coefficient (Wildman–Crippen LogP) is 1.86. The first-order valence-corrected chi connectivity index (χ1v) is 5.54. The Bertz CT molecular complexity index is 492. The van der Waals surface area contributed by atoms with E-state index in [0.29, 0.717) is 18.5 Å². The molecule has 1 fully saturated rings. The van der Waals surface area contributed by atoms with Gasteiger partial charge in [0.15, 0.2) is 0 Å². The predicted molar refractivity (Wildman–Crippen MR) is 63.7 cm³/mol. The van der Waals surface area contributed by atoms with Crippen molar-refractivity contribution in [1.82, 2.24) is 0 Å². The molecule has 0 radical (unpaired) electrons. The first-order valence-electron chi connectivity index (χ1n) is 5.54. The fourth-order valence-corrected chi connectivity index (χ4v) is 2.13. The minimum absolute atomic E-state index is 0.497. The fourth-order valence-electron chi connectivity index (χ4n) is 2.13. The molecule has 1 aromatic carbocycles. The van der Waals surface area contributed by atoms with Crippen molar-refractivity contribution in [1.29, 1.82) is 5.26 Å². The summed E-state index contributed by atoms with van der Waals surface area (Å²) in [5.41, 5.74) is 0.850. The number of anilines is 1. The van der Waals surface area contributed by atoms with Crippen LogP contribution >= 0.6 is 0 Å². The molecule has 17 heavy (non-hydrogen) atoms. The standard InChI is InChI=1S/C13H14N2O2/c1-13(12(16)17)5-6-15(9-13)11-4-2-3-10(7-11)8-14/h2-4,7H,5-6,9H2,1H3,(H,16,17). The summed E-state index contributed by atoms with van der Waals surface area (Å²) in [4.78, 5) is 13.2. The lowest BCUT2D eigenvalue weighted by atomic mass is 9.90. The first kappa shape index (κ1) is 11.5. The van der Waals surface area contributed by atoms with Crippen LogP contribution in [0.4, 0.5) is 5.69 Å². The summed E-state index contributed by atoms with van der Waals surface area (Å²) in [5, 5.41) is 18.0. The Morgan fingerprint density at radius 1 is 1.59 bits per heavy atom. The second-order valence-electron chi connectivity index (χ2n) is 4.70. The molecule has 1 N–H and O–H groups in total. The van der Waals surface area contributed by atoms with Crippen LogP contribution < -0.4 is 4.90 Å². The van der Waals surface area contributed by atoms with Crippen LogP contribution in [0.15, 0.2) is 24.3 Å². The zero-order valence-electron chi connectivity index (χ0n) is 9.68. The molecule has 4 heteroatoms. The number of rotatable bonds is 2. The number of aliphatic carboxylic acids is 1. The highest BCUT2D eigenvalue weighted by Gasteiger charge is 2.40. The van der Waals surface area contributed by atoms with E-state index in [9.17, 15) is 4.79 Å². The maximum Gasteiger partial charge on any atom is 0.311 e. The second kappa shape index (κ2) is 4.10. The Labute approximate surface area is 100 Å². The molecule has 0 aliphatic carbocycles. The van der Waals surface area contributed by atoms with Crippen LogP contribution in [0.5, 0.6) is 0 Å². The van der Waals surface area contributed by atoms with Crippen LogP contribution in [0, 0.1) is 16.7 Å². The van der Waals surface area contributed by atoms with Crippen LogP contribution in [0.25, 0.3) is 0 Å². The molecule has 0 aromatic heterocycles. The number of benzene rings is 1. The Morgan fingerprint density at radius 3 is 2.94 bits per heavy atom. The van der Waals surface area contributed by atoms with Crippen molar-refractivity contribution in [2.45, 2.75) is 13.3 Å². The molecule has 4 nitrogen and oxygen atoms in total. The van der Waals surface area contributed by atoms with E-state index in [2.05, 4.69) is 6.07 Å². The van der Waals surface area contributed by atoms with Crippen molar-refractivity contribution in [2.75, 3.05) is 18.0 Å². The van der Waals surface area contributed by atoms with Crippen molar-refractivity contribution in [2.24, 2.45) is 5.41 Å². The maximum absolute atomic E-state index is 11.1. The summed E-state index contributed by atoms with van der Waals surface area (Å²) in [7, 11) is 0. The largest absolute Gasteiger partial charge is 0.481 e. The van der Waals surface area contributed by atoms with E-state index in [-0.39, 0.29) is 0 Å². The van der Waals surface area contributed by atoms with Gasteiger partial charge in [-0.2, -0.15) is 5.26 Å². The van der Waals surface area contributed by atoms with Crippen LogP contribution in [0.2, 0.25) is 0 Å². The van der Waals surface area contributed by atoms with E-state index in [1.54, 1.807) is 19.1 Å². The number of carboxylic acid groups (broad SMARTS) is 1. The lowest BCUT2D eigenvalue weighted by molar-refractivity contribution is -0.146. The fraction of sp³-hybridized carbons (Fsp3) is 0.385. The summed E-state index contributed by atoms with van der Waals surface area (Å²) in [6.45, 7) is 2.98. The third kappa shape index (κ3) is 2.09. The summed E-state index contributed by atoms with van der Waals surface area (Å²) in [6.07, 6.45) is 0.638. The summed E-state index contributed by atoms with van der Waals surface area (Å²) >= 11 is 0. The van der Waals surface area contributed by atoms with Crippen molar-refractivity contribution in [3.05, 3.63) is 29.8 Å². The van der Waals surface area contributed by atoms with Crippen molar-refractivity contribution in [3.63, 3.8) is 0 Å². The third-order valence-electron chi connectivity index (χ3n) is 3.33. The maximum atomic E-state index is 11.1. The highest BCUT2D eigenvalue weighted by atomic mass is 16.4. The Morgan fingerprint density at radius 2 is 2.35 bits per heavy atom.